The molecule has 11 nitrogen and oxygen atoms in total. The molecule has 4 aliphatic carbocycles. The SMILES string of the molecule is COc1ccc(C23CCC(CN(c4cc(-c5cnn(C(C)C)c5)ncn4)C(=O)[C@H]4CC[C@H](OC(=O)N5CC(CO)C5)CC4)(CC2)CC3)cc1C. The van der Waals surface area contributed by atoms with E-state index in [0.717, 1.165) is 55.5 Å². The lowest BCUT2D eigenvalue weighted by molar-refractivity contribution is -0.124. The monoisotopic (exact) mass is 684 g/mol. The van der Waals surface area contributed by atoms with Crippen LogP contribution in [0.5, 0.6) is 5.75 Å². The van der Waals surface area contributed by atoms with Crippen molar-refractivity contribution < 1.29 is 24.2 Å². The van der Waals surface area contributed by atoms with Crippen LogP contribution < -0.4 is 9.64 Å². The van der Waals surface area contributed by atoms with Gasteiger partial charge in [0.2, 0.25) is 5.91 Å². The van der Waals surface area contributed by atoms with E-state index < -0.39 is 0 Å². The standard InChI is InChI=1S/C39H52N6O5/c1-26(2)45-22-30(19-42-45)33-18-35(41-25-40-33)44(36(47)29-5-8-32(9-6-29)50-37(48)43-20-28(21-43)23-46)24-38-11-14-39(15-12-38,16-13-38)31-7-10-34(49-4)27(3)17-31/h7,10,17-19,22,25-26,28-29,32,46H,5-6,8-9,11-16,20-21,23-24H2,1-4H3/t29-,32-,38?,39?. The average Bonchev–Trinajstić information content (AvgIpc) is 3.62. The Hall–Kier alpha value is -3.99. The van der Waals surface area contributed by atoms with Gasteiger partial charge in [0.05, 0.1) is 19.0 Å². The first-order chi connectivity index (χ1) is 24.1. The molecular formula is C39H52N6O5. The molecule has 0 unspecified atom stereocenters. The molecule has 5 aliphatic rings. The van der Waals surface area contributed by atoms with Gasteiger partial charge in [-0.2, -0.15) is 5.10 Å². The number of benzene rings is 1. The number of amides is 2. The summed E-state index contributed by atoms with van der Waals surface area (Å²) < 4.78 is 13.3. The number of rotatable bonds is 10. The zero-order chi connectivity index (χ0) is 35.0. The molecule has 3 heterocycles. The summed E-state index contributed by atoms with van der Waals surface area (Å²) in [7, 11) is 1.73. The number of hydrogen-bond donors (Lipinski definition) is 1. The number of likely N-dealkylation sites (tertiary alicyclic amines) is 1. The Kier molecular flexibility index (Phi) is 9.62. The topological polar surface area (TPSA) is 123 Å². The van der Waals surface area contributed by atoms with Gasteiger partial charge in [0.25, 0.3) is 0 Å². The largest absolute Gasteiger partial charge is 0.496 e. The molecule has 0 atom stereocenters. The van der Waals surface area contributed by atoms with Crippen molar-refractivity contribution in [2.75, 3.05) is 38.3 Å². The molecule has 8 rings (SSSR count). The van der Waals surface area contributed by atoms with Gasteiger partial charge in [-0.15, -0.1) is 0 Å². The van der Waals surface area contributed by atoms with Crippen molar-refractivity contribution in [1.82, 2.24) is 24.6 Å². The van der Waals surface area contributed by atoms with Gasteiger partial charge in [0.1, 0.15) is 24.0 Å². The van der Waals surface area contributed by atoms with Gasteiger partial charge in [-0.3, -0.25) is 14.4 Å². The molecule has 268 valence electrons. The number of fused-ring (bicyclic) bond motifs is 3. The van der Waals surface area contributed by atoms with Gasteiger partial charge in [0.15, 0.2) is 0 Å². The van der Waals surface area contributed by atoms with Crippen LogP contribution in [0.1, 0.15) is 95.2 Å². The van der Waals surface area contributed by atoms with E-state index in [4.69, 9.17) is 14.5 Å². The summed E-state index contributed by atoms with van der Waals surface area (Å²) in [5.41, 5.74) is 4.46. The van der Waals surface area contributed by atoms with Crippen molar-refractivity contribution >= 4 is 17.8 Å². The van der Waals surface area contributed by atoms with Gasteiger partial charge in [-0.25, -0.2) is 14.8 Å². The lowest BCUT2D eigenvalue weighted by Crippen LogP contribution is -2.52. The molecule has 1 aromatic carbocycles. The number of aromatic nitrogens is 4. The normalized spacial score (nSPS) is 26.5. The van der Waals surface area contributed by atoms with Gasteiger partial charge < -0.3 is 19.5 Å². The molecule has 3 aromatic rings. The highest BCUT2D eigenvalue weighted by atomic mass is 16.6. The average molecular weight is 685 g/mol. The number of aliphatic hydroxyl groups excluding tert-OH is 1. The third kappa shape index (κ3) is 6.73. The van der Waals surface area contributed by atoms with Crippen molar-refractivity contribution in [3.05, 3.63) is 54.1 Å². The summed E-state index contributed by atoms with van der Waals surface area (Å²) in [5, 5.41) is 13.8. The third-order valence-electron chi connectivity index (χ3n) is 12.3. The zero-order valence-corrected chi connectivity index (χ0v) is 30.0. The molecule has 1 aliphatic heterocycles. The second-order valence-electron chi connectivity index (χ2n) is 15.8. The molecule has 2 bridgehead atoms. The molecule has 4 saturated carbocycles. The molecule has 0 spiro atoms. The maximum atomic E-state index is 14.6. The summed E-state index contributed by atoms with van der Waals surface area (Å²) in [6.07, 6.45) is 14.1. The number of carbonyl (C=O) groups is 2. The zero-order valence-electron chi connectivity index (χ0n) is 30.0. The number of nitrogens with zero attached hydrogens (tertiary/aromatic N) is 6. The number of methoxy groups -OCH3 is 1. The van der Waals surface area contributed by atoms with Crippen LogP contribution in [-0.4, -0.2) is 81.2 Å². The lowest BCUT2D eigenvalue weighted by Gasteiger charge is -2.55. The minimum Gasteiger partial charge on any atom is -0.496 e. The molecule has 11 heteroatoms. The summed E-state index contributed by atoms with van der Waals surface area (Å²) >= 11 is 0. The van der Waals surface area contributed by atoms with E-state index >= 15 is 0 Å². The van der Waals surface area contributed by atoms with E-state index in [2.05, 4.69) is 49.1 Å². The molecular weight excluding hydrogens is 632 g/mol. The number of aliphatic hydroxyl groups is 1. The van der Waals surface area contributed by atoms with Gasteiger partial charge in [-0.05, 0) is 113 Å². The predicted molar refractivity (Wildman–Crippen MR) is 190 cm³/mol. The second-order valence-corrected chi connectivity index (χ2v) is 15.8. The number of hydrogen-bond acceptors (Lipinski definition) is 8. The summed E-state index contributed by atoms with van der Waals surface area (Å²) in [6.45, 7) is 8.12. The van der Waals surface area contributed by atoms with Crippen molar-refractivity contribution in [2.45, 2.75) is 103 Å². The molecule has 2 amide bonds. The van der Waals surface area contributed by atoms with E-state index in [0.29, 0.717) is 51.1 Å². The fourth-order valence-corrected chi connectivity index (χ4v) is 8.85. The van der Waals surface area contributed by atoms with Crippen LogP contribution in [0.3, 0.4) is 0 Å². The third-order valence-corrected chi connectivity index (χ3v) is 12.3. The molecule has 50 heavy (non-hydrogen) atoms. The minimum absolute atomic E-state index is 0.0307. The number of carbonyl (C=O) groups excluding carboxylic acids is 2. The molecule has 0 radical (unpaired) electrons. The Bertz CT molecular complexity index is 1670. The van der Waals surface area contributed by atoms with Crippen LogP contribution in [0.4, 0.5) is 10.6 Å². The number of aryl methyl sites for hydroxylation is 1. The van der Waals surface area contributed by atoms with Crippen LogP contribution in [0.2, 0.25) is 0 Å². The Labute approximate surface area is 295 Å². The van der Waals surface area contributed by atoms with Crippen LogP contribution in [0, 0.1) is 24.2 Å². The van der Waals surface area contributed by atoms with Gasteiger partial charge in [-0.1, -0.05) is 12.1 Å². The van der Waals surface area contributed by atoms with E-state index in [-0.39, 0.29) is 53.4 Å². The predicted octanol–water partition coefficient (Wildman–Crippen LogP) is 6.48. The van der Waals surface area contributed by atoms with E-state index in [1.807, 2.05) is 28.0 Å². The van der Waals surface area contributed by atoms with E-state index in [1.165, 1.54) is 11.1 Å². The highest BCUT2D eigenvalue weighted by Gasteiger charge is 2.51. The number of anilines is 1. The van der Waals surface area contributed by atoms with Gasteiger partial charge in [0, 0.05) is 61.9 Å². The molecule has 5 fully saturated rings. The minimum atomic E-state index is -0.310. The van der Waals surface area contributed by atoms with Crippen molar-refractivity contribution in [3.63, 3.8) is 0 Å². The first-order valence-corrected chi connectivity index (χ1v) is 18.5. The fraction of sp³-hybridized carbons (Fsp3) is 0.615. The molecule has 1 N–H and O–H groups in total. The Morgan fingerprint density at radius 2 is 1.74 bits per heavy atom. The maximum Gasteiger partial charge on any atom is 0.410 e. The second kappa shape index (κ2) is 14.0. The summed E-state index contributed by atoms with van der Waals surface area (Å²) in [5.74, 6) is 1.66. The van der Waals surface area contributed by atoms with Crippen molar-refractivity contribution in [3.8, 4) is 17.0 Å². The Balaban J connectivity index is 1.08. The summed E-state index contributed by atoms with van der Waals surface area (Å²) in [6, 6.07) is 8.87. The first kappa shape index (κ1) is 34.5. The highest BCUT2D eigenvalue weighted by Crippen LogP contribution is 2.58. The van der Waals surface area contributed by atoms with Crippen molar-refractivity contribution in [1.29, 1.82) is 0 Å². The van der Waals surface area contributed by atoms with E-state index in [1.54, 1.807) is 18.3 Å². The van der Waals surface area contributed by atoms with Gasteiger partial charge >= 0.3 is 6.09 Å². The van der Waals surface area contributed by atoms with Crippen molar-refractivity contribution in [2.24, 2.45) is 17.3 Å². The number of ether oxygens (including phenoxy) is 2. The fourth-order valence-electron chi connectivity index (χ4n) is 8.85. The maximum absolute atomic E-state index is 14.6. The van der Waals surface area contributed by atoms with E-state index in [9.17, 15) is 14.7 Å². The lowest BCUT2D eigenvalue weighted by atomic mass is 9.51. The molecule has 2 aromatic heterocycles. The smallest absolute Gasteiger partial charge is 0.410 e. The van der Waals surface area contributed by atoms with Crippen LogP contribution in [0.15, 0.2) is 43.0 Å². The van der Waals surface area contributed by atoms with Crippen LogP contribution in [0.25, 0.3) is 11.3 Å². The highest BCUT2D eigenvalue weighted by molar-refractivity contribution is 5.94. The Morgan fingerprint density at radius 1 is 1.02 bits per heavy atom. The molecule has 1 saturated heterocycles. The van der Waals surface area contributed by atoms with Crippen LogP contribution in [-0.2, 0) is 14.9 Å². The Morgan fingerprint density at radius 3 is 2.36 bits per heavy atom. The first-order valence-electron chi connectivity index (χ1n) is 18.5. The van der Waals surface area contributed by atoms with Crippen LogP contribution >= 0.6 is 0 Å². The quantitative estimate of drug-likeness (QED) is 0.258. The summed E-state index contributed by atoms with van der Waals surface area (Å²) in [4.78, 5) is 40.2.